The second-order valence-electron chi connectivity index (χ2n) is 4.42. The average Bonchev–Trinajstić information content (AvgIpc) is 2.82. The minimum Gasteiger partial charge on any atom is -0.377 e. The summed E-state index contributed by atoms with van der Waals surface area (Å²) in [7, 11) is -3.50. The Bertz CT molecular complexity index is 495. The molecule has 0 amide bonds. The fourth-order valence-corrected chi connectivity index (χ4v) is 3.40. The third kappa shape index (κ3) is 3.23. The predicted octanol–water partition coefficient (Wildman–Crippen LogP) is 2.19. The van der Waals surface area contributed by atoms with E-state index in [0.717, 1.165) is 12.8 Å². The average molecular weight is 290 g/mol. The summed E-state index contributed by atoms with van der Waals surface area (Å²) in [5.74, 6) is 0. The topological polar surface area (TPSA) is 55.4 Å². The Morgan fingerprint density at radius 3 is 2.61 bits per heavy atom. The molecule has 1 fully saturated rings. The van der Waals surface area contributed by atoms with Crippen molar-refractivity contribution in [2.24, 2.45) is 0 Å². The summed E-state index contributed by atoms with van der Waals surface area (Å²) in [4.78, 5) is 0.219. The quantitative estimate of drug-likeness (QED) is 0.924. The molecular weight excluding hydrogens is 274 g/mol. The van der Waals surface area contributed by atoms with Crippen molar-refractivity contribution in [1.82, 2.24) is 4.72 Å². The molecule has 1 N–H and O–H groups in total. The van der Waals surface area contributed by atoms with Gasteiger partial charge >= 0.3 is 0 Å². The van der Waals surface area contributed by atoms with Gasteiger partial charge in [0.05, 0.1) is 11.0 Å². The van der Waals surface area contributed by atoms with E-state index in [1.165, 1.54) is 12.1 Å². The number of benzene rings is 1. The molecule has 1 aliphatic rings. The third-order valence-corrected chi connectivity index (χ3v) is 4.81. The Labute approximate surface area is 112 Å². The number of sulfonamides is 1. The summed E-state index contributed by atoms with van der Waals surface area (Å²) in [6, 6.07) is 5.88. The molecule has 0 aliphatic carbocycles. The molecule has 2 rings (SSSR count). The smallest absolute Gasteiger partial charge is 0.240 e. The molecule has 1 aromatic carbocycles. The molecule has 0 aromatic heterocycles. The lowest BCUT2D eigenvalue weighted by atomic mass is 10.1. The number of ether oxygens (including phenoxy) is 1. The van der Waals surface area contributed by atoms with E-state index in [0.29, 0.717) is 11.6 Å². The maximum absolute atomic E-state index is 12.1. The van der Waals surface area contributed by atoms with Gasteiger partial charge in [-0.25, -0.2) is 13.1 Å². The highest BCUT2D eigenvalue weighted by Crippen LogP contribution is 2.18. The highest BCUT2D eigenvalue weighted by molar-refractivity contribution is 7.89. The van der Waals surface area contributed by atoms with Gasteiger partial charge in [-0.05, 0) is 44.0 Å². The van der Waals surface area contributed by atoms with Crippen LogP contribution in [0.15, 0.2) is 29.2 Å². The molecular formula is C12H16ClNO3S. The number of hydrogen-bond donors (Lipinski definition) is 1. The van der Waals surface area contributed by atoms with Crippen LogP contribution >= 0.6 is 11.6 Å². The summed E-state index contributed by atoms with van der Waals surface area (Å²) < 4.78 is 32.3. The zero-order valence-corrected chi connectivity index (χ0v) is 11.7. The van der Waals surface area contributed by atoms with Gasteiger partial charge in [-0.1, -0.05) is 11.6 Å². The van der Waals surface area contributed by atoms with Gasteiger partial charge in [0.25, 0.3) is 0 Å². The Morgan fingerprint density at radius 1 is 1.39 bits per heavy atom. The molecule has 1 aliphatic heterocycles. The van der Waals surface area contributed by atoms with Gasteiger partial charge < -0.3 is 4.74 Å². The first-order valence-corrected chi connectivity index (χ1v) is 7.75. The van der Waals surface area contributed by atoms with Crippen LogP contribution in [0.2, 0.25) is 5.02 Å². The summed E-state index contributed by atoms with van der Waals surface area (Å²) in [6.45, 7) is 2.53. The van der Waals surface area contributed by atoms with Crippen molar-refractivity contribution in [1.29, 1.82) is 0 Å². The van der Waals surface area contributed by atoms with Crippen LogP contribution < -0.4 is 4.72 Å². The number of nitrogens with one attached hydrogen (secondary N) is 1. The molecule has 0 saturated carbocycles. The van der Waals surface area contributed by atoms with Crippen molar-refractivity contribution in [3.05, 3.63) is 29.3 Å². The fraction of sp³-hybridized carbons (Fsp3) is 0.500. The normalized spacial score (nSPS) is 22.0. The summed E-state index contributed by atoms with van der Waals surface area (Å²) in [5.41, 5.74) is 0. The van der Waals surface area contributed by atoms with Crippen molar-refractivity contribution in [2.45, 2.75) is 36.8 Å². The number of hydrogen-bond acceptors (Lipinski definition) is 3. The molecule has 0 spiro atoms. The summed E-state index contributed by atoms with van der Waals surface area (Å²) >= 11 is 5.74. The van der Waals surface area contributed by atoms with E-state index in [-0.39, 0.29) is 17.0 Å². The predicted molar refractivity (Wildman–Crippen MR) is 70.2 cm³/mol. The van der Waals surface area contributed by atoms with Crippen LogP contribution in [0, 0.1) is 0 Å². The number of rotatable bonds is 4. The standard InChI is InChI=1S/C12H16ClNO3S/c1-9(12-3-2-8-17-12)14-18(15,16)11-6-4-10(13)5-7-11/h4-7,9,12,14H,2-3,8H2,1H3/t9-,12-/m1/s1. The van der Waals surface area contributed by atoms with Gasteiger partial charge in [0, 0.05) is 17.7 Å². The molecule has 100 valence electrons. The van der Waals surface area contributed by atoms with Crippen molar-refractivity contribution in [3.8, 4) is 0 Å². The minimum atomic E-state index is -3.50. The molecule has 2 atom stereocenters. The molecule has 0 bridgehead atoms. The fourth-order valence-electron chi connectivity index (χ4n) is 2.00. The second-order valence-corrected chi connectivity index (χ2v) is 6.57. The lowest BCUT2D eigenvalue weighted by Crippen LogP contribution is -2.40. The molecule has 18 heavy (non-hydrogen) atoms. The Balaban J connectivity index is 2.09. The molecule has 1 saturated heterocycles. The first-order chi connectivity index (χ1) is 8.49. The van der Waals surface area contributed by atoms with Crippen LogP contribution in [0.25, 0.3) is 0 Å². The van der Waals surface area contributed by atoms with E-state index >= 15 is 0 Å². The van der Waals surface area contributed by atoms with Crippen molar-refractivity contribution < 1.29 is 13.2 Å². The van der Waals surface area contributed by atoms with E-state index in [1.807, 2.05) is 6.92 Å². The lowest BCUT2D eigenvalue weighted by molar-refractivity contribution is 0.0902. The minimum absolute atomic E-state index is 0.0351. The van der Waals surface area contributed by atoms with E-state index in [1.54, 1.807) is 12.1 Å². The van der Waals surface area contributed by atoms with Crippen LogP contribution in [0.4, 0.5) is 0 Å². The first-order valence-electron chi connectivity index (χ1n) is 5.88. The van der Waals surface area contributed by atoms with Crippen molar-refractivity contribution in [3.63, 3.8) is 0 Å². The van der Waals surface area contributed by atoms with Gasteiger partial charge in [-0.2, -0.15) is 0 Å². The molecule has 4 nitrogen and oxygen atoms in total. The van der Waals surface area contributed by atoms with Gasteiger partial charge in [0.1, 0.15) is 0 Å². The Kier molecular flexibility index (Phi) is 4.27. The van der Waals surface area contributed by atoms with Crippen LogP contribution in [0.3, 0.4) is 0 Å². The Morgan fingerprint density at radius 2 is 2.06 bits per heavy atom. The summed E-state index contributed by atoms with van der Waals surface area (Å²) in [5, 5.41) is 0.515. The first kappa shape index (κ1) is 13.8. The van der Waals surface area contributed by atoms with E-state index in [2.05, 4.69) is 4.72 Å². The van der Waals surface area contributed by atoms with Crippen molar-refractivity contribution >= 4 is 21.6 Å². The zero-order chi connectivity index (χ0) is 13.2. The summed E-state index contributed by atoms with van der Waals surface area (Å²) in [6.07, 6.45) is 1.84. The SMILES string of the molecule is C[C@@H](NS(=O)(=O)c1ccc(Cl)cc1)[C@H]1CCCO1. The van der Waals surface area contributed by atoms with E-state index in [9.17, 15) is 8.42 Å². The largest absolute Gasteiger partial charge is 0.377 e. The maximum Gasteiger partial charge on any atom is 0.240 e. The van der Waals surface area contributed by atoms with Crippen LogP contribution in [-0.2, 0) is 14.8 Å². The molecule has 0 unspecified atom stereocenters. The van der Waals surface area contributed by atoms with Gasteiger partial charge in [0.15, 0.2) is 0 Å². The van der Waals surface area contributed by atoms with Crippen LogP contribution in [-0.4, -0.2) is 27.2 Å². The maximum atomic E-state index is 12.1. The van der Waals surface area contributed by atoms with Gasteiger partial charge in [-0.15, -0.1) is 0 Å². The molecule has 0 radical (unpaired) electrons. The third-order valence-electron chi connectivity index (χ3n) is 2.99. The molecule has 1 heterocycles. The highest BCUT2D eigenvalue weighted by Gasteiger charge is 2.26. The highest BCUT2D eigenvalue weighted by atomic mass is 35.5. The van der Waals surface area contributed by atoms with Gasteiger partial charge in [-0.3, -0.25) is 0 Å². The van der Waals surface area contributed by atoms with Crippen LogP contribution in [0.5, 0.6) is 0 Å². The zero-order valence-electron chi connectivity index (χ0n) is 10.1. The van der Waals surface area contributed by atoms with Gasteiger partial charge in [0.2, 0.25) is 10.0 Å². The second kappa shape index (κ2) is 5.57. The Hall–Kier alpha value is -0.620. The number of halogens is 1. The molecule has 6 heteroatoms. The van der Waals surface area contributed by atoms with Crippen molar-refractivity contribution in [2.75, 3.05) is 6.61 Å². The van der Waals surface area contributed by atoms with E-state index in [4.69, 9.17) is 16.3 Å². The monoisotopic (exact) mass is 289 g/mol. The lowest BCUT2D eigenvalue weighted by Gasteiger charge is -2.19. The molecule has 1 aromatic rings. The van der Waals surface area contributed by atoms with Crippen LogP contribution in [0.1, 0.15) is 19.8 Å². The van der Waals surface area contributed by atoms with E-state index < -0.39 is 10.0 Å².